The number of para-hydroxylation sites is 1. The molecular formula is C23H29N9O3S. The first-order valence-electron chi connectivity index (χ1n) is 11.5. The molecule has 1 aliphatic heterocycles. The molecule has 3 aromatic rings. The van der Waals surface area contributed by atoms with Crippen LogP contribution in [0, 0.1) is 0 Å². The van der Waals surface area contributed by atoms with Crippen LogP contribution < -0.4 is 15.5 Å². The van der Waals surface area contributed by atoms with E-state index in [9.17, 15) is 13.2 Å². The summed E-state index contributed by atoms with van der Waals surface area (Å²) < 4.78 is 27.5. The van der Waals surface area contributed by atoms with Crippen molar-refractivity contribution in [1.82, 2.24) is 28.5 Å². The number of piperazine rings is 1. The van der Waals surface area contributed by atoms with E-state index in [0.29, 0.717) is 67.4 Å². The number of benzene rings is 1. The standard InChI is InChI=1S/C23H29N9O3S/c1-4-19-26-22(29-23(28-19)31-12-14-32(15-13-31)36(34,35)30(2)3)27-20-11-10-17(16-24-20)21(33)25-18-8-6-5-7-9-18/h5-11,16H,4,12-15H2,1-3H3,(H,25,33)(H,24,26,27,28,29). The van der Waals surface area contributed by atoms with Crippen molar-refractivity contribution in [2.75, 3.05) is 55.8 Å². The molecule has 0 aliphatic carbocycles. The van der Waals surface area contributed by atoms with Gasteiger partial charge in [-0.15, -0.1) is 0 Å². The first-order valence-corrected chi connectivity index (χ1v) is 12.9. The summed E-state index contributed by atoms with van der Waals surface area (Å²) in [5.41, 5.74) is 1.12. The van der Waals surface area contributed by atoms with Crippen LogP contribution in [0.5, 0.6) is 0 Å². The van der Waals surface area contributed by atoms with E-state index in [2.05, 4.69) is 30.6 Å². The Hall–Kier alpha value is -3.68. The lowest BCUT2D eigenvalue weighted by atomic mass is 10.2. The van der Waals surface area contributed by atoms with Gasteiger partial charge in [0.1, 0.15) is 11.6 Å². The van der Waals surface area contributed by atoms with Crippen LogP contribution in [0.2, 0.25) is 0 Å². The summed E-state index contributed by atoms with van der Waals surface area (Å²) >= 11 is 0. The number of amides is 1. The Labute approximate surface area is 210 Å². The Balaban J connectivity index is 1.44. The molecule has 190 valence electrons. The summed E-state index contributed by atoms with van der Waals surface area (Å²) in [5.74, 6) is 1.63. The van der Waals surface area contributed by atoms with E-state index in [4.69, 9.17) is 0 Å². The molecule has 0 atom stereocenters. The second-order valence-electron chi connectivity index (χ2n) is 8.28. The average Bonchev–Trinajstić information content (AvgIpc) is 2.89. The lowest BCUT2D eigenvalue weighted by molar-refractivity contribution is 0.102. The lowest BCUT2D eigenvalue weighted by Crippen LogP contribution is -2.52. The van der Waals surface area contributed by atoms with Crippen LogP contribution >= 0.6 is 0 Å². The molecule has 0 spiro atoms. The van der Waals surface area contributed by atoms with Gasteiger partial charge in [0, 0.05) is 58.6 Å². The molecule has 12 nitrogen and oxygen atoms in total. The lowest BCUT2D eigenvalue weighted by Gasteiger charge is -2.35. The summed E-state index contributed by atoms with van der Waals surface area (Å²) in [7, 11) is -0.411. The molecule has 2 N–H and O–H groups in total. The minimum absolute atomic E-state index is 0.258. The summed E-state index contributed by atoms with van der Waals surface area (Å²) in [6.45, 7) is 3.55. The number of carbonyl (C=O) groups is 1. The number of hydrogen-bond acceptors (Lipinski definition) is 9. The second kappa shape index (κ2) is 10.9. The summed E-state index contributed by atoms with van der Waals surface area (Å²) in [5, 5.41) is 5.90. The maximum atomic E-state index is 12.5. The van der Waals surface area contributed by atoms with E-state index in [1.807, 2.05) is 42.2 Å². The Morgan fingerprint density at radius 1 is 1.00 bits per heavy atom. The SMILES string of the molecule is CCc1nc(Nc2ccc(C(=O)Nc3ccccc3)cn2)nc(N2CCN(S(=O)(=O)N(C)C)CC2)n1. The molecule has 1 aliphatic rings. The molecule has 4 rings (SSSR count). The number of carbonyl (C=O) groups excluding carboxylic acids is 1. The fourth-order valence-corrected chi connectivity index (χ4v) is 4.64. The third kappa shape index (κ3) is 5.93. The van der Waals surface area contributed by atoms with E-state index in [0.717, 1.165) is 0 Å². The molecule has 13 heteroatoms. The number of pyridine rings is 1. The Morgan fingerprint density at radius 2 is 1.72 bits per heavy atom. The van der Waals surface area contributed by atoms with Crippen LogP contribution in [-0.4, -0.2) is 83.1 Å². The van der Waals surface area contributed by atoms with Crippen LogP contribution in [0.3, 0.4) is 0 Å². The number of nitrogens with zero attached hydrogens (tertiary/aromatic N) is 7. The van der Waals surface area contributed by atoms with E-state index < -0.39 is 10.2 Å². The second-order valence-corrected chi connectivity index (χ2v) is 10.4. The molecular weight excluding hydrogens is 482 g/mol. The third-order valence-electron chi connectivity index (χ3n) is 5.59. The summed E-state index contributed by atoms with van der Waals surface area (Å²) in [6, 6.07) is 12.5. The third-order valence-corrected chi connectivity index (χ3v) is 7.53. The van der Waals surface area contributed by atoms with Gasteiger partial charge in [-0.1, -0.05) is 25.1 Å². The van der Waals surface area contributed by atoms with Gasteiger partial charge < -0.3 is 15.5 Å². The highest BCUT2D eigenvalue weighted by Crippen LogP contribution is 2.18. The van der Waals surface area contributed by atoms with Crippen LogP contribution in [0.4, 0.5) is 23.4 Å². The van der Waals surface area contributed by atoms with Crippen molar-refractivity contribution < 1.29 is 13.2 Å². The van der Waals surface area contributed by atoms with Crippen LogP contribution in [0.1, 0.15) is 23.1 Å². The number of aryl methyl sites for hydroxylation is 1. The summed E-state index contributed by atoms with van der Waals surface area (Å²) in [6.07, 6.45) is 2.08. The molecule has 1 saturated heterocycles. The largest absolute Gasteiger partial charge is 0.338 e. The van der Waals surface area contributed by atoms with Crippen LogP contribution in [-0.2, 0) is 16.6 Å². The minimum Gasteiger partial charge on any atom is -0.338 e. The molecule has 0 saturated carbocycles. The van der Waals surface area contributed by atoms with Crippen molar-refractivity contribution in [3.8, 4) is 0 Å². The van der Waals surface area contributed by atoms with Gasteiger partial charge in [-0.05, 0) is 24.3 Å². The highest BCUT2D eigenvalue weighted by Gasteiger charge is 2.29. The van der Waals surface area contributed by atoms with E-state index in [-0.39, 0.29) is 5.91 Å². The maximum absolute atomic E-state index is 12.5. The summed E-state index contributed by atoms with van der Waals surface area (Å²) in [4.78, 5) is 32.2. The molecule has 1 amide bonds. The zero-order chi connectivity index (χ0) is 25.7. The van der Waals surface area contributed by atoms with E-state index >= 15 is 0 Å². The quantitative estimate of drug-likeness (QED) is 0.463. The van der Waals surface area contributed by atoms with Gasteiger partial charge in [0.05, 0.1) is 5.56 Å². The molecule has 2 aromatic heterocycles. The van der Waals surface area contributed by atoms with Crippen LogP contribution in [0.15, 0.2) is 48.7 Å². The van der Waals surface area contributed by atoms with Crippen molar-refractivity contribution in [3.63, 3.8) is 0 Å². The zero-order valence-corrected chi connectivity index (χ0v) is 21.2. The number of rotatable bonds is 8. The Morgan fingerprint density at radius 3 is 2.33 bits per heavy atom. The first kappa shape index (κ1) is 25.4. The highest BCUT2D eigenvalue weighted by atomic mass is 32.2. The molecule has 36 heavy (non-hydrogen) atoms. The Kier molecular flexibility index (Phi) is 7.72. The van der Waals surface area contributed by atoms with Crippen molar-refractivity contribution in [2.45, 2.75) is 13.3 Å². The van der Waals surface area contributed by atoms with Crippen molar-refractivity contribution >= 4 is 39.5 Å². The Bertz CT molecular complexity index is 1290. The predicted octanol–water partition coefficient (Wildman–Crippen LogP) is 1.75. The monoisotopic (exact) mass is 511 g/mol. The number of aromatic nitrogens is 4. The van der Waals surface area contributed by atoms with Gasteiger partial charge in [-0.3, -0.25) is 4.79 Å². The van der Waals surface area contributed by atoms with Gasteiger partial charge in [0.25, 0.3) is 16.1 Å². The molecule has 0 bridgehead atoms. The van der Waals surface area contributed by atoms with Crippen molar-refractivity contribution in [2.24, 2.45) is 0 Å². The smallest absolute Gasteiger partial charge is 0.281 e. The van der Waals surface area contributed by atoms with Gasteiger partial charge in [0.2, 0.25) is 11.9 Å². The fraction of sp³-hybridized carbons (Fsp3) is 0.348. The highest BCUT2D eigenvalue weighted by molar-refractivity contribution is 7.86. The molecule has 3 heterocycles. The fourth-order valence-electron chi connectivity index (χ4n) is 3.55. The minimum atomic E-state index is -3.46. The normalized spacial score (nSPS) is 14.6. The van der Waals surface area contributed by atoms with E-state index in [1.54, 1.807) is 12.1 Å². The van der Waals surface area contributed by atoms with Gasteiger partial charge >= 0.3 is 0 Å². The van der Waals surface area contributed by atoms with E-state index in [1.165, 1.54) is 28.9 Å². The van der Waals surface area contributed by atoms with Crippen molar-refractivity contribution in [3.05, 3.63) is 60.0 Å². The maximum Gasteiger partial charge on any atom is 0.281 e. The molecule has 0 radical (unpaired) electrons. The zero-order valence-electron chi connectivity index (χ0n) is 20.4. The first-order chi connectivity index (χ1) is 17.3. The van der Waals surface area contributed by atoms with Gasteiger partial charge in [-0.25, -0.2) is 4.98 Å². The van der Waals surface area contributed by atoms with Gasteiger partial charge in [-0.2, -0.15) is 32.0 Å². The van der Waals surface area contributed by atoms with Crippen molar-refractivity contribution in [1.29, 1.82) is 0 Å². The number of nitrogens with one attached hydrogen (secondary N) is 2. The molecule has 1 fully saturated rings. The molecule has 0 unspecified atom stereocenters. The van der Waals surface area contributed by atoms with Gasteiger partial charge in [0.15, 0.2) is 0 Å². The number of hydrogen-bond donors (Lipinski definition) is 2. The average molecular weight is 512 g/mol. The molecule has 1 aromatic carbocycles. The predicted molar refractivity (Wildman–Crippen MR) is 138 cm³/mol. The topological polar surface area (TPSA) is 137 Å². The number of anilines is 4. The van der Waals surface area contributed by atoms with Crippen LogP contribution in [0.25, 0.3) is 0 Å².